The number of nitrogens with one attached hydrogen (secondary N) is 2. The molecule has 6 aromatic rings. The zero-order valence-electron chi connectivity index (χ0n) is 38.5. The molecule has 1 aliphatic carbocycles. The van der Waals surface area contributed by atoms with E-state index in [-0.39, 0.29) is 48.2 Å². The number of thiazole rings is 1. The van der Waals surface area contributed by atoms with Crippen LogP contribution in [0, 0.1) is 24.2 Å². The summed E-state index contributed by atoms with van der Waals surface area (Å²) in [5.74, 6) is -0.106. The van der Waals surface area contributed by atoms with Gasteiger partial charge in [-0.1, -0.05) is 68.8 Å². The summed E-state index contributed by atoms with van der Waals surface area (Å²) < 4.78 is 4.03. The van der Waals surface area contributed by atoms with E-state index in [0.717, 1.165) is 69.0 Å². The van der Waals surface area contributed by atoms with E-state index in [0.29, 0.717) is 35.0 Å². The van der Waals surface area contributed by atoms with Crippen molar-refractivity contribution < 1.29 is 19.5 Å². The maximum Gasteiger partial charge on any atom is 0.282 e. The number of hydrogen-bond acceptors (Lipinski definition) is 9. The Morgan fingerprint density at radius 2 is 1.70 bits per heavy atom. The third kappa shape index (κ3) is 8.47. The van der Waals surface area contributed by atoms with Crippen LogP contribution in [-0.4, -0.2) is 76.8 Å². The van der Waals surface area contributed by atoms with Crippen LogP contribution in [0.1, 0.15) is 102 Å². The lowest BCUT2D eigenvalue weighted by Gasteiger charge is -2.37. The van der Waals surface area contributed by atoms with Crippen molar-refractivity contribution in [2.75, 3.05) is 6.54 Å². The van der Waals surface area contributed by atoms with E-state index in [9.17, 15) is 24.3 Å². The summed E-state index contributed by atoms with van der Waals surface area (Å²) in [5, 5.41) is 22.5. The Morgan fingerprint density at radius 3 is 2.39 bits per heavy atom. The normalized spacial score (nSPS) is 21.0. The molecule has 3 aromatic heterocycles. The number of β-amino-alcohol motifs (C(OH)–C–C–N with tert-alkyl or cyclic N) is 1. The largest absolute Gasteiger partial charge is 0.391 e. The average molecular weight is 930 g/mol. The van der Waals surface area contributed by atoms with Gasteiger partial charge in [0.25, 0.3) is 5.56 Å². The number of nitrogens with zero attached hydrogens (tertiary/aromatic N) is 6. The second-order valence-corrected chi connectivity index (χ2v) is 21.3. The average Bonchev–Trinajstić information content (AvgIpc) is 4.08. The van der Waals surface area contributed by atoms with Crippen molar-refractivity contribution in [3.8, 4) is 27.3 Å². The second kappa shape index (κ2) is 17.5. The van der Waals surface area contributed by atoms with Gasteiger partial charge in [-0.2, -0.15) is 10.1 Å². The molecule has 0 radical (unpaired) electrons. The van der Waals surface area contributed by atoms with E-state index in [1.165, 1.54) is 4.90 Å². The van der Waals surface area contributed by atoms with Crippen LogP contribution in [0.2, 0.25) is 5.02 Å². The van der Waals surface area contributed by atoms with Crippen LogP contribution in [0.4, 0.5) is 0 Å². The van der Waals surface area contributed by atoms with Crippen molar-refractivity contribution >= 4 is 51.6 Å². The second-order valence-electron chi connectivity index (χ2n) is 20.1. The van der Waals surface area contributed by atoms with E-state index in [4.69, 9.17) is 16.7 Å². The molecule has 5 heterocycles. The number of likely N-dealkylation sites (tertiary alicyclic amines) is 1. The van der Waals surface area contributed by atoms with Crippen LogP contribution < -0.4 is 16.2 Å². The molecule has 3 aromatic carbocycles. The highest BCUT2D eigenvalue weighted by molar-refractivity contribution is 7.13. The highest BCUT2D eigenvalue weighted by Gasteiger charge is 2.45. The van der Waals surface area contributed by atoms with Gasteiger partial charge >= 0.3 is 0 Å². The van der Waals surface area contributed by atoms with E-state index in [1.54, 1.807) is 17.4 Å². The van der Waals surface area contributed by atoms with Crippen molar-refractivity contribution in [1.29, 1.82) is 0 Å². The van der Waals surface area contributed by atoms with Gasteiger partial charge in [0.2, 0.25) is 17.7 Å². The highest BCUT2D eigenvalue weighted by Crippen LogP contribution is 2.45. The van der Waals surface area contributed by atoms with Gasteiger partial charge in [0, 0.05) is 37.2 Å². The summed E-state index contributed by atoms with van der Waals surface area (Å²) >= 11 is 8.05. The first kappa shape index (κ1) is 45.5. The van der Waals surface area contributed by atoms with Crippen LogP contribution in [0.5, 0.6) is 0 Å². The molecular formula is C51H57ClN8O5S. The minimum atomic E-state index is -0.887. The molecule has 3 N–H and O–H groups in total. The van der Waals surface area contributed by atoms with Crippen LogP contribution in [0.3, 0.4) is 0 Å². The molecule has 15 heteroatoms. The number of aromatic nitrogens is 5. The lowest BCUT2D eigenvalue weighted by atomic mass is 9.80. The number of carbonyl (C=O) groups excluding carboxylic acids is 3. The van der Waals surface area contributed by atoms with Crippen LogP contribution in [-0.2, 0) is 26.3 Å². The van der Waals surface area contributed by atoms with Crippen molar-refractivity contribution in [1.82, 2.24) is 39.8 Å². The van der Waals surface area contributed by atoms with Gasteiger partial charge in [-0.3, -0.25) is 28.4 Å². The molecular weight excluding hydrogens is 872 g/mol. The Hall–Kier alpha value is -5.70. The van der Waals surface area contributed by atoms with Gasteiger partial charge in [-0.05, 0) is 111 Å². The van der Waals surface area contributed by atoms with Gasteiger partial charge in [0.1, 0.15) is 17.9 Å². The van der Waals surface area contributed by atoms with Gasteiger partial charge in [0.15, 0.2) is 0 Å². The van der Waals surface area contributed by atoms with E-state index >= 15 is 0 Å². The number of aryl methyl sites for hydroxylation is 1. The molecule has 344 valence electrons. The molecule has 1 saturated carbocycles. The van der Waals surface area contributed by atoms with E-state index in [1.807, 2.05) is 92.0 Å². The Kier molecular flexibility index (Phi) is 12.1. The van der Waals surface area contributed by atoms with Gasteiger partial charge in [-0.15, -0.1) is 11.3 Å². The molecule has 1 saturated heterocycles. The standard InChI is InChI=1S/C51H57ClN8O5S/c1-28(31-15-17-32(18-16-31)43-29(2)53-27-66-43)55-46(63)41-22-36(61)26-59(41)48(65)44(50(3,4)5)56-45(62)33-13-11-30(12-14-33)24-58-25-35(23-54-58)34-19-20-39-37(21-34)51(6,7)49-57-47(64)42-38(52)9-8-10-40(42)60(39)49/h8-10,15-21,23,25,27-28,30,33,36,41,44,61H,11-14,22,24,26H2,1-7H3,(H,55,63)(H,56,62)/t28-,30?,33?,36?,41?,44+/m0/s1. The van der Waals surface area contributed by atoms with E-state index < -0.39 is 29.0 Å². The fraction of sp³-hybridized carbons (Fsp3) is 0.431. The quantitative estimate of drug-likeness (QED) is 0.124. The minimum Gasteiger partial charge on any atom is -0.391 e. The number of aliphatic hydroxyl groups excluding tert-OH is 1. The molecule has 2 fully saturated rings. The van der Waals surface area contributed by atoms with Crippen LogP contribution in [0.15, 0.2) is 83.4 Å². The maximum atomic E-state index is 14.4. The fourth-order valence-corrected chi connectivity index (χ4v) is 11.2. The van der Waals surface area contributed by atoms with Crippen molar-refractivity contribution in [2.24, 2.45) is 17.3 Å². The first-order valence-corrected chi connectivity index (χ1v) is 24.1. The summed E-state index contributed by atoms with van der Waals surface area (Å²) in [6.45, 7) is 14.5. The van der Waals surface area contributed by atoms with Gasteiger partial charge in [-0.25, -0.2) is 4.98 Å². The molecule has 0 bridgehead atoms. The SMILES string of the molecule is Cc1ncsc1-c1ccc([C@H](C)NC(=O)C2CC(O)CN2C(=O)[C@@H](NC(=O)C2CCC(Cn3cc(-c4ccc5c(c4)C(C)(C)c4nc(=O)c6c(Cl)cccc6n4-5)cn3)CC2)C(C)(C)C)cc1. The fourth-order valence-electron chi connectivity index (χ4n) is 10.2. The third-order valence-corrected chi connectivity index (χ3v) is 15.3. The molecule has 13 nitrogen and oxygen atoms in total. The maximum absolute atomic E-state index is 14.4. The Morgan fingerprint density at radius 1 is 0.970 bits per heavy atom. The van der Waals surface area contributed by atoms with Crippen molar-refractivity contribution in [3.05, 3.63) is 117 Å². The van der Waals surface area contributed by atoms with E-state index in [2.05, 4.69) is 58.8 Å². The topological polar surface area (TPSA) is 164 Å². The number of benzene rings is 3. The molecule has 3 aliphatic rings. The Labute approximate surface area is 393 Å². The van der Waals surface area contributed by atoms with Gasteiger partial charge in [0.05, 0.1) is 61.5 Å². The summed E-state index contributed by atoms with van der Waals surface area (Å²) in [4.78, 5) is 66.6. The first-order chi connectivity index (χ1) is 31.4. The van der Waals surface area contributed by atoms with Gasteiger partial charge < -0.3 is 20.6 Å². The number of aliphatic hydroxyl groups is 1. The zero-order valence-corrected chi connectivity index (χ0v) is 40.0. The molecule has 2 unspecified atom stereocenters. The van der Waals surface area contributed by atoms with Crippen molar-refractivity contribution in [3.63, 3.8) is 0 Å². The summed E-state index contributed by atoms with van der Waals surface area (Å²) in [6.07, 6.45) is 6.25. The molecule has 0 spiro atoms. The molecule has 66 heavy (non-hydrogen) atoms. The zero-order chi connectivity index (χ0) is 46.8. The smallest absolute Gasteiger partial charge is 0.282 e. The van der Waals surface area contributed by atoms with Crippen LogP contribution in [0.25, 0.3) is 38.2 Å². The van der Waals surface area contributed by atoms with Crippen LogP contribution >= 0.6 is 22.9 Å². The first-order valence-electron chi connectivity index (χ1n) is 22.9. The highest BCUT2D eigenvalue weighted by atomic mass is 35.5. The number of hydrogen-bond donors (Lipinski definition) is 3. The predicted octanol–water partition coefficient (Wildman–Crippen LogP) is 8.15. The number of rotatable bonds is 10. The molecule has 2 aliphatic heterocycles. The Balaban J connectivity index is 0.811. The number of fused-ring (bicyclic) bond motifs is 5. The van der Waals surface area contributed by atoms with Crippen molar-refractivity contribution in [2.45, 2.75) is 117 Å². The third-order valence-electron chi connectivity index (χ3n) is 14.0. The summed E-state index contributed by atoms with van der Waals surface area (Å²) in [7, 11) is 0. The monoisotopic (exact) mass is 928 g/mol. The lowest BCUT2D eigenvalue weighted by molar-refractivity contribution is -0.144. The summed E-state index contributed by atoms with van der Waals surface area (Å²) in [6, 6.07) is 17.7. The molecule has 4 atom stereocenters. The minimum absolute atomic E-state index is 0.0165. The molecule has 9 rings (SSSR count). The Bertz CT molecular complexity index is 2910. The number of amides is 3. The lowest BCUT2D eigenvalue weighted by Crippen LogP contribution is -2.58. The number of halogens is 1. The summed E-state index contributed by atoms with van der Waals surface area (Å²) in [5.41, 5.74) is 8.05. The molecule has 3 amide bonds. The number of carbonyl (C=O) groups is 3. The predicted molar refractivity (Wildman–Crippen MR) is 258 cm³/mol.